The van der Waals surface area contributed by atoms with Crippen LogP contribution in [-0.4, -0.2) is 34.2 Å². The number of halogens is 1. The normalized spacial score (nSPS) is 20.8. The Morgan fingerprint density at radius 2 is 2.22 bits per heavy atom. The lowest BCUT2D eigenvalue weighted by molar-refractivity contribution is 0.152. The zero-order valence-corrected chi connectivity index (χ0v) is 16.1. The van der Waals surface area contributed by atoms with Gasteiger partial charge in [-0.3, -0.25) is 19.9 Å². The first-order valence-corrected chi connectivity index (χ1v) is 9.68. The SMILES string of the molecule is COC(C1=NC=CC1)c1cccc(C2CCCN2Cc2ncccc2Cl)n1. The number of likely N-dealkylation sites (tertiary alicyclic amines) is 1. The zero-order chi connectivity index (χ0) is 18.6. The van der Waals surface area contributed by atoms with Gasteiger partial charge in [-0.25, -0.2) is 0 Å². The molecule has 4 rings (SSSR count). The van der Waals surface area contributed by atoms with Gasteiger partial charge in [-0.15, -0.1) is 0 Å². The van der Waals surface area contributed by atoms with E-state index in [9.17, 15) is 0 Å². The van der Waals surface area contributed by atoms with E-state index in [1.54, 1.807) is 13.3 Å². The van der Waals surface area contributed by atoms with E-state index < -0.39 is 0 Å². The van der Waals surface area contributed by atoms with Gasteiger partial charge in [0.1, 0.15) is 6.10 Å². The van der Waals surface area contributed by atoms with E-state index in [0.717, 1.165) is 60.2 Å². The summed E-state index contributed by atoms with van der Waals surface area (Å²) in [6, 6.07) is 10.2. The maximum Gasteiger partial charge on any atom is 0.137 e. The predicted molar refractivity (Wildman–Crippen MR) is 107 cm³/mol. The van der Waals surface area contributed by atoms with Crippen molar-refractivity contribution in [2.45, 2.75) is 38.0 Å². The molecule has 0 radical (unpaired) electrons. The van der Waals surface area contributed by atoms with Crippen LogP contribution in [-0.2, 0) is 11.3 Å². The summed E-state index contributed by atoms with van der Waals surface area (Å²) in [4.78, 5) is 16.2. The van der Waals surface area contributed by atoms with E-state index in [1.807, 2.05) is 30.5 Å². The van der Waals surface area contributed by atoms with E-state index in [1.165, 1.54) is 0 Å². The molecule has 27 heavy (non-hydrogen) atoms. The number of pyridine rings is 2. The molecule has 0 saturated carbocycles. The fourth-order valence-electron chi connectivity index (χ4n) is 3.85. The molecule has 0 aromatic carbocycles. The average Bonchev–Trinajstić information content (AvgIpc) is 3.37. The summed E-state index contributed by atoms with van der Waals surface area (Å²) in [5.41, 5.74) is 3.92. The Morgan fingerprint density at radius 3 is 3.00 bits per heavy atom. The third-order valence-corrected chi connectivity index (χ3v) is 5.51. The van der Waals surface area contributed by atoms with Crippen LogP contribution in [0.5, 0.6) is 0 Å². The number of hydrogen-bond donors (Lipinski definition) is 0. The summed E-state index contributed by atoms with van der Waals surface area (Å²) in [5.74, 6) is 0. The van der Waals surface area contributed by atoms with Crippen molar-refractivity contribution in [3.05, 3.63) is 70.9 Å². The van der Waals surface area contributed by atoms with Crippen LogP contribution in [0.25, 0.3) is 0 Å². The van der Waals surface area contributed by atoms with Gasteiger partial charge in [-0.05, 0) is 43.7 Å². The Balaban J connectivity index is 1.56. The Bertz CT molecular complexity index is 867. The minimum absolute atomic E-state index is 0.194. The minimum Gasteiger partial charge on any atom is -0.369 e. The lowest BCUT2D eigenvalue weighted by Gasteiger charge is -2.25. The summed E-state index contributed by atoms with van der Waals surface area (Å²) < 4.78 is 5.70. The molecule has 140 valence electrons. The molecule has 2 aromatic heterocycles. The van der Waals surface area contributed by atoms with Crippen LogP contribution in [0.4, 0.5) is 0 Å². The molecule has 4 heterocycles. The summed E-state index contributed by atoms with van der Waals surface area (Å²) >= 11 is 6.31. The molecule has 0 N–H and O–H groups in total. The summed E-state index contributed by atoms with van der Waals surface area (Å²) in [6.45, 7) is 1.76. The third kappa shape index (κ3) is 3.95. The van der Waals surface area contributed by atoms with Gasteiger partial charge in [0.2, 0.25) is 0 Å². The van der Waals surface area contributed by atoms with Crippen LogP contribution in [0.1, 0.15) is 48.5 Å². The monoisotopic (exact) mass is 382 g/mol. The maximum absolute atomic E-state index is 6.31. The number of ether oxygens (including phenoxy) is 1. The molecular formula is C21H23ClN4O. The Morgan fingerprint density at radius 1 is 1.30 bits per heavy atom. The van der Waals surface area contributed by atoms with Crippen LogP contribution in [0.2, 0.25) is 5.02 Å². The quantitative estimate of drug-likeness (QED) is 0.737. The molecule has 2 aliphatic rings. The van der Waals surface area contributed by atoms with Crippen molar-refractivity contribution < 1.29 is 4.74 Å². The van der Waals surface area contributed by atoms with Crippen molar-refractivity contribution in [3.8, 4) is 0 Å². The molecule has 2 atom stereocenters. The van der Waals surface area contributed by atoms with E-state index in [0.29, 0.717) is 0 Å². The number of aliphatic imine (C=N–C) groups is 1. The highest BCUT2D eigenvalue weighted by molar-refractivity contribution is 6.31. The number of methoxy groups -OCH3 is 1. The van der Waals surface area contributed by atoms with Gasteiger partial charge in [-0.2, -0.15) is 0 Å². The highest BCUT2D eigenvalue weighted by Gasteiger charge is 2.29. The molecule has 2 unspecified atom stereocenters. The summed E-state index contributed by atoms with van der Waals surface area (Å²) in [6.07, 6.45) is 8.52. The van der Waals surface area contributed by atoms with E-state index in [-0.39, 0.29) is 12.1 Å². The highest BCUT2D eigenvalue weighted by atomic mass is 35.5. The van der Waals surface area contributed by atoms with Crippen LogP contribution < -0.4 is 0 Å². The zero-order valence-electron chi connectivity index (χ0n) is 15.4. The first-order valence-electron chi connectivity index (χ1n) is 9.31. The van der Waals surface area contributed by atoms with Crippen LogP contribution in [0.15, 0.2) is 53.8 Å². The molecule has 0 bridgehead atoms. The van der Waals surface area contributed by atoms with Gasteiger partial charge in [0.05, 0.1) is 33.9 Å². The van der Waals surface area contributed by atoms with Crippen molar-refractivity contribution in [3.63, 3.8) is 0 Å². The molecule has 0 amide bonds. The van der Waals surface area contributed by atoms with Crippen LogP contribution >= 0.6 is 11.6 Å². The van der Waals surface area contributed by atoms with Crippen LogP contribution in [0.3, 0.4) is 0 Å². The Labute approximate surface area is 164 Å². The molecular weight excluding hydrogens is 360 g/mol. The van der Waals surface area contributed by atoms with Crippen molar-refractivity contribution in [2.75, 3.05) is 13.7 Å². The van der Waals surface area contributed by atoms with Gasteiger partial charge in [-0.1, -0.05) is 23.7 Å². The number of allylic oxidation sites excluding steroid dienone is 1. The molecule has 2 aliphatic heterocycles. The van der Waals surface area contributed by atoms with Gasteiger partial charge in [0.15, 0.2) is 0 Å². The van der Waals surface area contributed by atoms with Crippen LogP contribution in [0, 0.1) is 0 Å². The van der Waals surface area contributed by atoms with Gasteiger partial charge in [0, 0.05) is 32.5 Å². The lowest BCUT2D eigenvalue weighted by Crippen LogP contribution is -2.25. The second kappa shape index (κ2) is 8.30. The van der Waals surface area contributed by atoms with E-state index >= 15 is 0 Å². The summed E-state index contributed by atoms with van der Waals surface area (Å²) in [7, 11) is 1.71. The standard InChI is InChI=1S/C21H23ClN4O/c1-27-21(17-9-4-12-23-17)18-8-2-7-16(25-18)20-10-5-13-26(20)14-19-15(22)6-3-11-24-19/h2-4,6-8,11-12,20-21H,5,9-10,13-14H2,1H3. The smallest absolute Gasteiger partial charge is 0.137 e. The van der Waals surface area contributed by atoms with E-state index in [4.69, 9.17) is 21.3 Å². The van der Waals surface area contributed by atoms with E-state index in [2.05, 4.69) is 27.0 Å². The van der Waals surface area contributed by atoms with Gasteiger partial charge in [0.25, 0.3) is 0 Å². The highest BCUT2D eigenvalue weighted by Crippen LogP contribution is 2.33. The van der Waals surface area contributed by atoms with Crippen molar-refractivity contribution in [2.24, 2.45) is 4.99 Å². The minimum atomic E-state index is -0.194. The molecule has 1 saturated heterocycles. The first-order chi connectivity index (χ1) is 13.3. The summed E-state index contributed by atoms with van der Waals surface area (Å²) in [5, 5.41) is 0.719. The maximum atomic E-state index is 6.31. The molecule has 6 heteroatoms. The lowest BCUT2D eigenvalue weighted by atomic mass is 10.1. The first kappa shape index (κ1) is 18.3. The number of rotatable bonds is 6. The average molecular weight is 383 g/mol. The van der Waals surface area contributed by atoms with Gasteiger partial charge >= 0.3 is 0 Å². The predicted octanol–water partition coefficient (Wildman–Crippen LogP) is 4.51. The Kier molecular flexibility index (Phi) is 5.62. The van der Waals surface area contributed by atoms with Crippen molar-refractivity contribution >= 4 is 17.3 Å². The molecule has 0 aliphatic carbocycles. The molecule has 1 fully saturated rings. The fraction of sp³-hybridized carbons (Fsp3) is 0.381. The molecule has 2 aromatic rings. The Hall–Kier alpha value is -2.08. The second-order valence-corrected chi connectivity index (χ2v) is 7.28. The molecule has 0 spiro atoms. The third-order valence-electron chi connectivity index (χ3n) is 5.16. The second-order valence-electron chi connectivity index (χ2n) is 6.87. The van der Waals surface area contributed by atoms with Gasteiger partial charge < -0.3 is 4.74 Å². The van der Waals surface area contributed by atoms with Crippen molar-refractivity contribution in [1.29, 1.82) is 0 Å². The number of aromatic nitrogens is 2. The van der Waals surface area contributed by atoms with Crippen molar-refractivity contribution in [1.82, 2.24) is 14.9 Å². The largest absolute Gasteiger partial charge is 0.369 e. The molecule has 5 nitrogen and oxygen atoms in total. The fourth-order valence-corrected chi connectivity index (χ4v) is 4.04. The number of nitrogens with zero attached hydrogens (tertiary/aromatic N) is 4. The number of hydrogen-bond acceptors (Lipinski definition) is 5. The topological polar surface area (TPSA) is 50.6 Å².